The van der Waals surface area contributed by atoms with Gasteiger partial charge in [0.25, 0.3) is 0 Å². The number of alkyl halides is 3. The Morgan fingerprint density at radius 2 is 2.00 bits per heavy atom. The number of carboxylic acids is 1. The molecule has 0 saturated heterocycles. The molecule has 0 aliphatic carbocycles. The van der Waals surface area contributed by atoms with Crippen LogP contribution in [0.15, 0.2) is 18.2 Å². The maximum atomic E-state index is 11.8. The van der Waals surface area contributed by atoms with E-state index in [1.54, 1.807) is 0 Å². The zero-order valence-electron chi connectivity index (χ0n) is 10.2. The van der Waals surface area contributed by atoms with Crippen LogP contribution in [0.3, 0.4) is 0 Å². The van der Waals surface area contributed by atoms with Gasteiger partial charge in [-0.25, -0.2) is 9.59 Å². The third-order valence-corrected chi connectivity index (χ3v) is 2.06. The first-order chi connectivity index (χ1) is 9.23. The van der Waals surface area contributed by atoms with Crippen molar-refractivity contribution in [3.8, 4) is 5.75 Å². The molecule has 20 heavy (non-hydrogen) atoms. The van der Waals surface area contributed by atoms with E-state index in [1.165, 1.54) is 19.2 Å². The molecule has 1 rings (SSSR count). The highest BCUT2D eigenvalue weighted by atomic mass is 19.4. The standard InChI is InChI=1S/C11H10F3NO5/c1-19-6-2-3-8(7(4-6)9(16)17)15-10(18)20-5-11(12,13)14/h2-4H,5H2,1H3,(H,15,18)(H,16,17). The molecule has 0 fully saturated rings. The van der Waals surface area contributed by atoms with E-state index in [0.29, 0.717) is 0 Å². The highest BCUT2D eigenvalue weighted by Crippen LogP contribution is 2.22. The van der Waals surface area contributed by atoms with E-state index >= 15 is 0 Å². The molecular weight excluding hydrogens is 283 g/mol. The second-order valence-electron chi connectivity index (χ2n) is 3.53. The van der Waals surface area contributed by atoms with Crippen molar-refractivity contribution in [2.45, 2.75) is 6.18 Å². The lowest BCUT2D eigenvalue weighted by Crippen LogP contribution is -2.24. The highest BCUT2D eigenvalue weighted by molar-refractivity contribution is 5.99. The molecule has 0 bridgehead atoms. The molecule has 0 spiro atoms. The fraction of sp³-hybridized carbons (Fsp3) is 0.273. The zero-order chi connectivity index (χ0) is 15.3. The van der Waals surface area contributed by atoms with Gasteiger partial charge in [0.2, 0.25) is 0 Å². The first-order valence-electron chi connectivity index (χ1n) is 5.15. The molecule has 6 nitrogen and oxygen atoms in total. The molecule has 1 aromatic carbocycles. The van der Waals surface area contributed by atoms with Crippen molar-refractivity contribution in [1.82, 2.24) is 0 Å². The SMILES string of the molecule is COc1ccc(NC(=O)OCC(F)(F)F)c(C(=O)O)c1. The molecule has 0 aliphatic rings. The third kappa shape index (κ3) is 4.67. The highest BCUT2D eigenvalue weighted by Gasteiger charge is 2.29. The van der Waals surface area contributed by atoms with Crippen LogP contribution in [0.25, 0.3) is 0 Å². The molecule has 9 heteroatoms. The number of carboxylic acid groups (broad SMARTS) is 1. The van der Waals surface area contributed by atoms with Crippen molar-refractivity contribution in [2.75, 3.05) is 19.0 Å². The summed E-state index contributed by atoms with van der Waals surface area (Å²) in [6.07, 6.45) is -6.07. The van der Waals surface area contributed by atoms with Gasteiger partial charge in [0.1, 0.15) is 5.75 Å². The minimum absolute atomic E-state index is 0.203. The Labute approximate surface area is 111 Å². The summed E-state index contributed by atoms with van der Waals surface area (Å²) < 4.78 is 44.2. The lowest BCUT2D eigenvalue weighted by Gasteiger charge is -2.11. The monoisotopic (exact) mass is 293 g/mol. The minimum Gasteiger partial charge on any atom is -0.497 e. The van der Waals surface area contributed by atoms with E-state index < -0.39 is 24.8 Å². The summed E-state index contributed by atoms with van der Waals surface area (Å²) in [5, 5.41) is 10.8. The lowest BCUT2D eigenvalue weighted by molar-refractivity contribution is -0.159. The van der Waals surface area contributed by atoms with Crippen LogP contribution in [0, 0.1) is 0 Å². The largest absolute Gasteiger partial charge is 0.497 e. The van der Waals surface area contributed by atoms with E-state index in [-0.39, 0.29) is 17.0 Å². The van der Waals surface area contributed by atoms with Crippen LogP contribution >= 0.6 is 0 Å². The summed E-state index contributed by atoms with van der Waals surface area (Å²) in [4.78, 5) is 22.1. The van der Waals surface area contributed by atoms with Crippen LogP contribution in [0.2, 0.25) is 0 Å². The number of nitrogens with one attached hydrogen (secondary N) is 1. The molecule has 1 amide bonds. The molecule has 0 heterocycles. The number of methoxy groups -OCH3 is 1. The fourth-order valence-electron chi connectivity index (χ4n) is 1.23. The van der Waals surface area contributed by atoms with Gasteiger partial charge in [0.15, 0.2) is 6.61 Å². The topological polar surface area (TPSA) is 84.9 Å². The average molecular weight is 293 g/mol. The van der Waals surface area contributed by atoms with Gasteiger partial charge in [-0.2, -0.15) is 13.2 Å². The van der Waals surface area contributed by atoms with Gasteiger partial charge in [0.05, 0.1) is 18.4 Å². The zero-order valence-corrected chi connectivity index (χ0v) is 10.2. The molecule has 0 aromatic heterocycles. The van der Waals surface area contributed by atoms with Crippen LogP contribution in [0.4, 0.5) is 23.7 Å². The quantitative estimate of drug-likeness (QED) is 0.891. The first kappa shape index (κ1) is 15.6. The van der Waals surface area contributed by atoms with Gasteiger partial charge >= 0.3 is 18.2 Å². The third-order valence-electron chi connectivity index (χ3n) is 2.06. The number of ether oxygens (including phenoxy) is 2. The van der Waals surface area contributed by atoms with Gasteiger partial charge in [0, 0.05) is 0 Å². The van der Waals surface area contributed by atoms with Crippen molar-refractivity contribution >= 4 is 17.7 Å². The maximum Gasteiger partial charge on any atom is 0.422 e. The predicted molar refractivity (Wildman–Crippen MR) is 61.0 cm³/mol. The first-order valence-corrected chi connectivity index (χ1v) is 5.15. The summed E-state index contributed by atoms with van der Waals surface area (Å²) in [6.45, 7) is -1.77. The molecule has 0 atom stereocenters. The molecule has 0 unspecified atom stereocenters. The molecule has 110 valence electrons. The van der Waals surface area contributed by atoms with Crippen molar-refractivity contribution in [3.05, 3.63) is 23.8 Å². The smallest absolute Gasteiger partial charge is 0.422 e. The van der Waals surface area contributed by atoms with Crippen molar-refractivity contribution in [1.29, 1.82) is 0 Å². The molecule has 0 aliphatic heterocycles. The number of carbonyl (C=O) groups excluding carboxylic acids is 1. The Hall–Kier alpha value is -2.45. The van der Waals surface area contributed by atoms with Gasteiger partial charge < -0.3 is 14.6 Å². The van der Waals surface area contributed by atoms with Gasteiger partial charge in [-0.1, -0.05) is 0 Å². The number of carbonyl (C=O) groups is 2. The van der Waals surface area contributed by atoms with Crippen molar-refractivity contribution < 1.29 is 37.3 Å². The molecule has 2 N–H and O–H groups in total. The number of halogens is 3. The van der Waals surface area contributed by atoms with Crippen LogP contribution in [-0.2, 0) is 4.74 Å². The molecule has 0 saturated carbocycles. The Bertz CT molecular complexity index is 515. The Morgan fingerprint density at radius 1 is 1.35 bits per heavy atom. The number of aromatic carboxylic acids is 1. The number of anilines is 1. The van der Waals surface area contributed by atoms with Crippen LogP contribution in [0.1, 0.15) is 10.4 Å². The van der Waals surface area contributed by atoms with Crippen LogP contribution in [0.5, 0.6) is 5.75 Å². The predicted octanol–water partition coefficient (Wildman–Crippen LogP) is 2.50. The maximum absolute atomic E-state index is 11.8. The molecular formula is C11H10F3NO5. The number of amides is 1. The summed E-state index contributed by atoms with van der Waals surface area (Å²) >= 11 is 0. The van der Waals surface area contributed by atoms with Gasteiger partial charge in [-0.05, 0) is 18.2 Å². The minimum atomic E-state index is -4.66. The van der Waals surface area contributed by atoms with Crippen molar-refractivity contribution in [3.63, 3.8) is 0 Å². The van der Waals surface area contributed by atoms with Crippen LogP contribution < -0.4 is 10.1 Å². The summed E-state index contributed by atoms with van der Waals surface area (Å²) in [5.41, 5.74) is -0.543. The number of hydrogen-bond acceptors (Lipinski definition) is 4. The van der Waals surface area contributed by atoms with Crippen LogP contribution in [-0.4, -0.2) is 37.1 Å². The number of rotatable bonds is 4. The normalized spacial score (nSPS) is 10.8. The average Bonchev–Trinajstić information content (AvgIpc) is 2.35. The Morgan fingerprint density at radius 3 is 2.50 bits per heavy atom. The second-order valence-corrected chi connectivity index (χ2v) is 3.53. The van der Waals surface area contributed by atoms with Gasteiger partial charge in [-0.3, -0.25) is 5.32 Å². The Balaban J connectivity index is 2.81. The summed E-state index contributed by atoms with van der Waals surface area (Å²) in [7, 11) is 1.31. The number of hydrogen-bond donors (Lipinski definition) is 2. The van der Waals surface area contributed by atoms with E-state index in [4.69, 9.17) is 9.84 Å². The lowest BCUT2D eigenvalue weighted by atomic mass is 10.1. The second kappa shape index (κ2) is 6.13. The number of benzene rings is 1. The summed E-state index contributed by atoms with van der Waals surface area (Å²) in [5.74, 6) is -1.16. The van der Waals surface area contributed by atoms with Gasteiger partial charge in [-0.15, -0.1) is 0 Å². The Kier molecular flexibility index (Phi) is 4.78. The van der Waals surface area contributed by atoms with E-state index in [2.05, 4.69) is 4.74 Å². The van der Waals surface area contributed by atoms with E-state index in [1.807, 2.05) is 5.32 Å². The van der Waals surface area contributed by atoms with Crippen molar-refractivity contribution in [2.24, 2.45) is 0 Å². The van der Waals surface area contributed by atoms with E-state index in [9.17, 15) is 22.8 Å². The molecule has 0 radical (unpaired) electrons. The fourth-order valence-corrected chi connectivity index (χ4v) is 1.23. The van der Waals surface area contributed by atoms with E-state index in [0.717, 1.165) is 6.07 Å². The molecule has 1 aromatic rings. The summed E-state index contributed by atoms with van der Waals surface area (Å²) in [6, 6.07) is 3.63.